The summed E-state index contributed by atoms with van der Waals surface area (Å²) in [5.74, 6) is -3.08. The molecule has 0 heterocycles. The number of amides is 2. The second-order valence-corrected chi connectivity index (χ2v) is 3.05. The minimum absolute atomic E-state index is 0.267. The van der Waals surface area contributed by atoms with Gasteiger partial charge in [-0.15, -0.1) is 0 Å². The Morgan fingerprint density at radius 2 is 1.94 bits per heavy atom. The van der Waals surface area contributed by atoms with Crippen molar-refractivity contribution in [1.29, 1.82) is 0 Å². The van der Waals surface area contributed by atoms with Crippen molar-refractivity contribution in [2.75, 3.05) is 0 Å². The predicted octanol–water partition coefficient (Wildman–Crippen LogP) is 1.99. The molecule has 4 nitrogen and oxygen atoms in total. The Hall–Kier alpha value is -2.19. The van der Waals surface area contributed by atoms with Gasteiger partial charge in [0.1, 0.15) is 11.6 Å². The number of hydrazone groups is 1. The fourth-order valence-corrected chi connectivity index (χ4v) is 1.07. The van der Waals surface area contributed by atoms with Crippen LogP contribution in [0.25, 0.3) is 0 Å². The van der Waals surface area contributed by atoms with E-state index in [0.717, 1.165) is 0 Å². The van der Waals surface area contributed by atoms with E-state index in [-0.39, 0.29) is 6.07 Å². The van der Waals surface area contributed by atoms with E-state index in [2.05, 4.69) is 10.8 Å². The molecule has 0 spiro atoms. The van der Waals surface area contributed by atoms with Crippen LogP contribution in [0.4, 0.5) is 26.7 Å². The van der Waals surface area contributed by atoms with Gasteiger partial charge in [0.15, 0.2) is 0 Å². The minimum atomic E-state index is -4.96. The van der Waals surface area contributed by atoms with Crippen LogP contribution in [0, 0.1) is 11.6 Å². The van der Waals surface area contributed by atoms with Crippen molar-refractivity contribution in [3.8, 4) is 0 Å². The minimum Gasteiger partial charge on any atom is -0.350 e. The topological polar surface area (TPSA) is 67.5 Å². The zero-order chi connectivity index (χ0) is 13.9. The van der Waals surface area contributed by atoms with Crippen LogP contribution in [0.2, 0.25) is 0 Å². The molecule has 18 heavy (non-hydrogen) atoms. The summed E-state index contributed by atoms with van der Waals surface area (Å²) in [6, 6.07) is -0.417. The van der Waals surface area contributed by atoms with Crippen molar-refractivity contribution in [3.63, 3.8) is 0 Å². The normalized spacial score (nSPS) is 11.8. The smallest absolute Gasteiger partial charge is 0.350 e. The lowest BCUT2D eigenvalue weighted by Crippen LogP contribution is -2.24. The highest BCUT2D eigenvalue weighted by atomic mass is 19.4. The number of hydrogen-bond donors (Lipinski definition) is 2. The second kappa shape index (κ2) is 4.98. The molecule has 0 aliphatic heterocycles. The van der Waals surface area contributed by atoms with E-state index in [1.54, 1.807) is 5.43 Å². The number of benzene rings is 1. The van der Waals surface area contributed by atoms with Crippen LogP contribution in [0.1, 0.15) is 11.1 Å². The molecule has 0 unspecified atom stereocenters. The van der Waals surface area contributed by atoms with E-state index in [1.165, 1.54) is 0 Å². The van der Waals surface area contributed by atoms with E-state index in [0.29, 0.717) is 12.3 Å². The third kappa shape index (κ3) is 3.15. The molecule has 1 aromatic rings. The molecule has 3 N–H and O–H groups in total. The molecule has 0 aliphatic carbocycles. The predicted molar refractivity (Wildman–Crippen MR) is 51.7 cm³/mol. The molecule has 0 aliphatic rings. The van der Waals surface area contributed by atoms with Crippen LogP contribution in [0.5, 0.6) is 0 Å². The molecule has 1 rings (SSSR count). The Labute approximate surface area is 97.3 Å². The number of alkyl halides is 3. The van der Waals surface area contributed by atoms with Gasteiger partial charge in [-0.3, -0.25) is 0 Å². The van der Waals surface area contributed by atoms with Gasteiger partial charge in [0.2, 0.25) is 0 Å². The van der Waals surface area contributed by atoms with Crippen LogP contribution in [-0.4, -0.2) is 12.2 Å². The Bertz CT molecular complexity index is 498. The molecule has 0 atom stereocenters. The lowest BCUT2D eigenvalue weighted by molar-refractivity contribution is -0.140. The Kier molecular flexibility index (Phi) is 3.84. The summed E-state index contributed by atoms with van der Waals surface area (Å²) in [4.78, 5) is 10.2. The third-order valence-corrected chi connectivity index (χ3v) is 1.80. The number of nitrogens with one attached hydrogen (secondary N) is 1. The first kappa shape index (κ1) is 13.9. The number of urea groups is 1. The number of nitrogens with two attached hydrogens (primary N) is 1. The van der Waals surface area contributed by atoms with Gasteiger partial charge < -0.3 is 5.73 Å². The summed E-state index contributed by atoms with van der Waals surface area (Å²) < 4.78 is 63.4. The van der Waals surface area contributed by atoms with Crippen molar-refractivity contribution in [2.24, 2.45) is 10.8 Å². The van der Waals surface area contributed by atoms with E-state index >= 15 is 0 Å². The molecule has 0 fully saturated rings. The zero-order valence-electron chi connectivity index (χ0n) is 8.55. The number of nitrogens with zero attached hydrogens (tertiary/aromatic N) is 1. The van der Waals surface area contributed by atoms with Gasteiger partial charge in [-0.2, -0.15) is 18.3 Å². The standard InChI is InChI=1S/C9H6F5N3O/c10-6-2-1-5(9(12,13)14)7(11)4(6)3-16-17-8(15)18/h1-3H,(H3,15,17,18). The molecule has 1 aromatic carbocycles. The fourth-order valence-electron chi connectivity index (χ4n) is 1.07. The van der Waals surface area contributed by atoms with Gasteiger partial charge >= 0.3 is 12.2 Å². The molecular weight excluding hydrogens is 261 g/mol. The zero-order valence-corrected chi connectivity index (χ0v) is 8.55. The maximum Gasteiger partial charge on any atom is 0.419 e. The highest BCUT2D eigenvalue weighted by Crippen LogP contribution is 2.32. The van der Waals surface area contributed by atoms with Gasteiger partial charge in [0.25, 0.3) is 0 Å². The van der Waals surface area contributed by atoms with Crippen molar-refractivity contribution >= 4 is 12.2 Å². The summed E-state index contributed by atoms with van der Waals surface area (Å²) in [5.41, 5.74) is 3.54. The monoisotopic (exact) mass is 267 g/mol. The lowest BCUT2D eigenvalue weighted by Gasteiger charge is -2.09. The quantitative estimate of drug-likeness (QED) is 0.480. The van der Waals surface area contributed by atoms with Gasteiger partial charge in [0.05, 0.1) is 17.3 Å². The molecule has 0 radical (unpaired) electrons. The second-order valence-electron chi connectivity index (χ2n) is 3.05. The number of hydrogen-bond acceptors (Lipinski definition) is 2. The number of carbonyl (C=O) groups is 1. The molecule has 0 saturated carbocycles. The first-order valence-electron chi connectivity index (χ1n) is 4.37. The average Bonchev–Trinajstić information content (AvgIpc) is 2.20. The van der Waals surface area contributed by atoms with Crippen LogP contribution < -0.4 is 11.2 Å². The highest BCUT2D eigenvalue weighted by molar-refractivity contribution is 5.82. The summed E-state index contributed by atoms with van der Waals surface area (Å²) in [6.07, 6.45) is -4.57. The maximum atomic E-state index is 13.4. The number of primary amides is 1. The van der Waals surface area contributed by atoms with Crippen molar-refractivity contribution in [3.05, 3.63) is 34.9 Å². The molecule has 0 bridgehead atoms. The number of rotatable bonds is 2. The average molecular weight is 267 g/mol. The Morgan fingerprint density at radius 3 is 2.44 bits per heavy atom. The SMILES string of the molecule is NC(=O)NN=Cc1c(F)ccc(C(F)(F)F)c1F. The molecule has 98 valence electrons. The van der Waals surface area contributed by atoms with Crippen LogP contribution in [-0.2, 0) is 6.18 Å². The third-order valence-electron chi connectivity index (χ3n) is 1.80. The molecular formula is C9H6F5N3O. The van der Waals surface area contributed by atoms with E-state index in [1.807, 2.05) is 0 Å². The van der Waals surface area contributed by atoms with Gasteiger partial charge in [-0.05, 0) is 12.1 Å². The number of halogens is 5. The summed E-state index contributed by atoms with van der Waals surface area (Å²) in [5, 5.41) is 2.99. The van der Waals surface area contributed by atoms with Gasteiger partial charge in [-0.1, -0.05) is 0 Å². The van der Waals surface area contributed by atoms with Crippen molar-refractivity contribution in [1.82, 2.24) is 5.43 Å². The van der Waals surface area contributed by atoms with Crippen LogP contribution >= 0.6 is 0 Å². The van der Waals surface area contributed by atoms with E-state index in [4.69, 9.17) is 0 Å². The maximum absolute atomic E-state index is 13.4. The first-order valence-corrected chi connectivity index (χ1v) is 4.37. The van der Waals surface area contributed by atoms with Crippen molar-refractivity contribution in [2.45, 2.75) is 6.18 Å². The molecule has 2 amide bonds. The fraction of sp³-hybridized carbons (Fsp3) is 0.111. The van der Waals surface area contributed by atoms with E-state index in [9.17, 15) is 26.7 Å². The van der Waals surface area contributed by atoms with Gasteiger partial charge in [0, 0.05) is 0 Å². The number of carbonyl (C=O) groups excluding carboxylic acids is 1. The van der Waals surface area contributed by atoms with E-state index < -0.39 is 35.0 Å². The van der Waals surface area contributed by atoms with Crippen LogP contribution in [0.15, 0.2) is 17.2 Å². The summed E-state index contributed by atoms with van der Waals surface area (Å²) >= 11 is 0. The summed E-state index contributed by atoms with van der Waals surface area (Å²) in [6.45, 7) is 0. The highest BCUT2D eigenvalue weighted by Gasteiger charge is 2.35. The first-order chi connectivity index (χ1) is 8.23. The lowest BCUT2D eigenvalue weighted by atomic mass is 10.1. The van der Waals surface area contributed by atoms with Gasteiger partial charge in [-0.25, -0.2) is 19.0 Å². The van der Waals surface area contributed by atoms with Crippen LogP contribution in [0.3, 0.4) is 0 Å². The molecule has 0 saturated heterocycles. The Morgan fingerprint density at radius 1 is 1.33 bits per heavy atom. The van der Waals surface area contributed by atoms with Crippen molar-refractivity contribution < 1.29 is 26.7 Å². The molecule has 0 aromatic heterocycles. The molecule has 9 heteroatoms. The Balaban J connectivity index is 3.19. The largest absolute Gasteiger partial charge is 0.419 e. The summed E-state index contributed by atoms with van der Waals surface area (Å²) in [7, 11) is 0.